The molecule has 0 aliphatic carbocycles. The van der Waals surface area contributed by atoms with Crippen LogP contribution in [0.1, 0.15) is 28.6 Å². The number of nitrogens with zero attached hydrogens (tertiary/aromatic N) is 3. The van der Waals surface area contributed by atoms with Crippen LogP contribution in [0.15, 0.2) is 59.7 Å². The van der Waals surface area contributed by atoms with Crippen LogP contribution in [0.3, 0.4) is 0 Å². The molecular formula is C26H21ClF11N5O2. The average Bonchev–Trinajstić information content (AvgIpc) is 3.26. The SMILES string of the molecule is Cn1nc(C(F)(F)C(F)(F)F)c(OC(F)(F)C(F)C(F)(F)F)c1N=CC(=CN)c1ccc(Cl)c(C(O)NCc2ccccc2)c1. The molecule has 1 heterocycles. The second kappa shape index (κ2) is 13.2. The van der Waals surface area contributed by atoms with E-state index >= 15 is 0 Å². The smallest absolute Gasteiger partial charge is 0.424 e. The van der Waals surface area contributed by atoms with E-state index in [4.69, 9.17) is 17.3 Å². The normalized spacial score (nSPS) is 15.0. The quantitative estimate of drug-likeness (QED) is 0.114. The molecule has 0 bridgehead atoms. The van der Waals surface area contributed by atoms with Crippen molar-refractivity contribution in [3.05, 3.63) is 82.1 Å². The molecule has 4 N–H and O–H groups in total. The predicted molar refractivity (Wildman–Crippen MR) is 140 cm³/mol. The lowest BCUT2D eigenvalue weighted by molar-refractivity contribution is -0.309. The maximum Gasteiger partial charge on any atom is 0.459 e. The number of aliphatic hydroxyl groups is 1. The molecule has 0 saturated heterocycles. The molecule has 45 heavy (non-hydrogen) atoms. The molecule has 0 saturated carbocycles. The Morgan fingerprint density at radius 3 is 2.24 bits per heavy atom. The van der Waals surface area contributed by atoms with Crippen LogP contribution < -0.4 is 15.8 Å². The van der Waals surface area contributed by atoms with Gasteiger partial charge in [-0.05, 0) is 23.3 Å². The van der Waals surface area contributed by atoms with Gasteiger partial charge in [0, 0.05) is 42.2 Å². The molecule has 0 aliphatic rings. The largest absolute Gasteiger partial charge is 0.459 e. The zero-order chi connectivity index (χ0) is 34.0. The van der Waals surface area contributed by atoms with Gasteiger partial charge in [-0.25, -0.2) is 14.1 Å². The number of aliphatic imine (C=N–C) groups is 1. The molecule has 19 heteroatoms. The number of allylic oxidation sites excluding steroid dienone is 1. The van der Waals surface area contributed by atoms with Crippen LogP contribution >= 0.6 is 11.6 Å². The number of halogens is 12. The highest BCUT2D eigenvalue weighted by Gasteiger charge is 2.65. The van der Waals surface area contributed by atoms with Crippen LogP contribution in [0, 0.1) is 0 Å². The summed E-state index contributed by atoms with van der Waals surface area (Å²) in [7, 11) is 0.630. The molecule has 0 aliphatic heterocycles. The molecule has 3 rings (SSSR count). The highest BCUT2D eigenvalue weighted by molar-refractivity contribution is 6.31. The van der Waals surface area contributed by atoms with E-state index < -0.39 is 54.0 Å². The molecule has 2 unspecified atom stereocenters. The monoisotopic (exact) mass is 679 g/mol. The Hall–Kier alpha value is -3.90. The van der Waals surface area contributed by atoms with Crippen LogP contribution in [0.2, 0.25) is 5.02 Å². The van der Waals surface area contributed by atoms with Crippen molar-refractivity contribution in [1.29, 1.82) is 0 Å². The van der Waals surface area contributed by atoms with Crippen LogP contribution in [0.4, 0.5) is 54.1 Å². The number of hydrogen-bond acceptors (Lipinski definition) is 6. The average molecular weight is 680 g/mol. The van der Waals surface area contributed by atoms with Gasteiger partial charge in [-0.3, -0.25) is 5.32 Å². The highest BCUT2D eigenvalue weighted by atomic mass is 35.5. The molecule has 3 aromatic rings. The first-order valence-corrected chi connectivity index (χ1v) is 12.6. The van der Waals surface area contributed by atoms with Crippen LogP contribution in [0.25, 0.3) is 5.57 Å². The van der Waals surface area contributed by atoms with Crippen molar-refractivity contribution in [2.24, 2.45) is 17.8 Å². The molecule has 1 aromatic heterocycles. The van der Waals surface area contributed by atoms with Crippen LogP contribution in [0.5, 0.6) is 5.75 Å². The van der Waals surface area contributed by atoms with E-state index in [0.29, 0.717) is 13.3 Å². The zero-order valence-corrected chi connectivity index (χ0v) is 23.2. The molecule has 0 fully saturated rings. The molecule has 246 valence electrons. The van der Waals surface area contributed by atoms with E-state index in [0.717, 1.165) is 11.8 Å². The Morgan fingerprint density at radius 2 is 1.69 bits per heavy atom. The summed E-state index contributed by atoms with van der Waals surface area (Å²) < 4.78 is 151. The standard InChI is InChI=1S/C26H21ClF11N5O2/c1-43-20(18(19(42-43)23(29,30)26(36,37)38)45-25(34,35)22(28)24(31,32)33)40-12-15(10-39)14-7-8-17(27)16(9-14)21(44)41-11-13-5-3-2-4-6-13/h2-10,12,21-22,41,44H,11,39H2,1H3. The summed E-state index contributed by atoms with van der Waals surface area (Å²) in [6.07, 6.45) is -23.9. The molecule has 0 amide bonds. The lowest BCUT2D eigenvalue weighted by atomic mass is 10.0. The fourth-order valence-corrected chi connectivity index (χ4v) is 3.87. The van der Waals surface area contributed by atoms with Crippen LogP contribution in [-0.4, -0.2) is 45.7 Å². The lowest BCUT2D eigenvalue weighted by Gasteiger charge is -2.24. The summed E-state index contributed by atoms with van der Waals surface area (Å²) in [6.45, 7) is 0.191. The first kappa shape index (κ1) is 35.6. The first-order valence-electron chi connectivity index (χ1n) is 12.2. The fourth-order valence-electron chi connectivity index (χ4n) is 3.65. The van der Waals surface area contributed by atoms with Crippen molar-refractivity contribution in [2.75, 3.05) is 0 Å². The number of benzene rings is 2. The summed E-state index contributed by atoms with van der Waals surface area (Å²) in [5.41, 5.74) is 3.74. The third-order valence-electron chi connectivity index (χ3n) is 5.92. The maximum absolute atomic E-state index is 14.2. The number of rotatable bonds is 11. The van der Waals surface area contributed by atoms with Gasteiger partial charge < -0.3 is 15.6 Å². The van der Waals surface area contributed by atoms with E-state index in [9.17, 15) is 53.4 Å². The number of aryl methyl sites for hydroxylation is 1. The van der Waals surface area contributed by atoms with Crippen molar-refractivity contribution in [3.63, 3.8) is 0 Å². The molecule has 7 nitrogen and oxygen atoms in total. The molecule has 2 aromatic carbocycles. The van der Waals surface area contributed by atoms with Gasteiger partial charge in [0.2, 0.25) is 5.75 Å². The fraction of sp³-hybridized carbons (Fsp3) is 0.308. The second-order valence-corrected chi connectivity index (χ2v) is 9.56. The maximum atomic E-state index is 14.2. The van der Waals surface area contributed by atoms with Crippen molar-refractivity contribution in [1.82, 2.24) is 15.1 Å². The van der Waals surface area contributed by atoms with Crippen molar-refractivity contribution >= 4 is 29.2 Å². The van der Waals surface area contributed by atoms with Gasteiger partial charge in [0.25, 0.3) is 6.17 Å². The Bertz CT molecular complexity index is 1540. The highest BCUT2D eigenvalue weighted by Crippen LogP contribution is 2.51. The first-order chi connectivity index (χ1) is 20.7. The lowest BCUT2D eigenvalue weighted by Crippen LogP contribution is -2.46. The van der Waals surface area contributed by atoms with Gasteiger partial charge in [0.15, 0.2) is 11.5 Å². The molecular weight excluding hydrogens is 659 g/mol. The van der Waals surface area contributed by atoms with Gasteiger partial charge >= 0.3 is 24.4 Å². The Morgan fingerprint density at radius 1 is 1.07 bits per heavy atom. The number of aromatic nitrogens is 2. The number of nitrogens with two attached hydrogens (primary N) is 1. The Kier molecular flexibility index (Phi) is 10.5. The van der Waals surface area contributed by atoms with Crippen molar-refractivity contribution < 1.29 is 58.1 Å². The van der Waals surface area contributed by atoms with Gasteiger partial charge in [-0.15, -0.1) is 0 Å². The number of hydrogen-bond donors (Lipinski definition) is 3. The Balaban J connectivity index is 2.03. The number of alkyl halides is 11. The van der Waals surface area contributed by atoms with E-state index in [1.807, 2.05) is 0 Å². The van der Waals surface area contributed by atoms with Crippen molar-refractivity contribution in [2.45, 2.75) is 43.3 Å². The Labute approximate surface area is 251 Å². The number of ether oxygens (including phenoxy) is 1. The van der Waals surface area contributed by atoms with E-state index in [2.05, 4.69) is 20.1 Å². The number of aliphatic hydroxyl groups excluding tert-OH is 1. The van der Waals surface area contributed by atoms with Crippen molar-refractivity contribution in [3.8, 4) is 5.75 Å². The van der Waals surface area contributed by atoms with E-state index in [-0.39, 0.29) is 32.9 Å². The third-order valence-corrected chi connectivity index (χ3v) is 6.26. The minimum Gasteiger partial charge on any atom is -0.424 e. The second-order valence-electron chi connectivity index (χ2n) is 9.15. The molecule has 0 spiro atoms. The summed E-state index contributed by atoms with van der Waals surface area (Å²) >= 11 is 6.18. The van der Waals surface area contributed by atoms with Gasteiger partial charge in [-0.2, -0.15) is 49.0 Å². The molecule has 2 atom stereocenters. The van der Waals surface area contributed by atoms with Gasteiger partial charge in [0.05, 0.1) is 0 Å². The van der Waals surface area contributed by atoms with Gasteiger partial charge in [-0.1, -0.05) is 48.0 Å². The third kappa shape index (κ3) is 8.04. The summed E-state index contributed by atoms with van der Waals surface area (Å²) in [4.78, 5) is 3.50. The minimum absolute atomic E-state index is 0.0501. The summed E-state index contributed by atoms with van der Waals surface area (Å²) in [5, 5.41) is 16.3. The van der Waals surface area contributed by atoms with Crippen LogP contribution in [-0.2, 0) is 19.5 Å². The topological polar surface area (TPSA) is 97.7 Å². The summed E-state index contributed by atoms with van der Waals surface area (Å²) in [6, 6.07) is 12.7. The van der Waals surface area contributed by atoms with E-state index in [1.165, 1.54) is 18.2 Å². The number of nitrogens with one attached hydrogen (secondary N) is 1. The molecule has 0 radical (unpaired) electrons. The minimum atomic E-state index is -6.49. The predicted octanol–water partition coefficient (Wildman–Crippen LogP) is 7.08. The summed E-state index contributed by atoms with van der Waals surface area (Å²) in [5.74, 6) is -9.74. The van der Waals surface area contributed by atoms with Gasteiger partial charge in [0.1, 0.15) is 6.23 Å². The zero-order valence-electron chi connectivity index (χ0n) is 22.4. The van der Waals surface area contributed by atoms with E-state index in [1.54, 1.807) is 30.3 Å².